The van der Waals surface area contributed by atoms with Crippen molar-refractivity contribution < 1.29 is 14.3 Å². The standard InChI is InChI=1S/C22H23N3O3/c1-15(2)28-19-9-7-16(8-10-19)25-22(26)21-14-18(11-12-23-21)24-17-5-4-6-20(13-17)27-3/h4-15H,1-3H3,(H,23,24)(H,25,26). The maximum absolute atomic E-state index is 12.5. The molecule has 0 unspecified atom stereocenters. The van der Waals surface area contributed by atoms with Crippen LogP contribution in [0.5, 0.6) is 11.5 Å². The Morgan fingerprint density at radius 2 is 1.68 bits per heavy atom. The Kier molecular flexibility index (Phi) is 6.11. The summed E-state index contributed by atoms with van der Waals surface area (Å²) in [4.78, 5) is 16.7. The van der Waals surface area contributed by atoms with Crippen molar-refractivity contribution in [2.75, 3.05) is 17.7 Å². The van der Waals surface area contributed by atoms with Gasteiger partial charge in [-0.1, -0.05) is 6.07 Å². The normalized spacial score (nSPS) is 10.4. The maximum Gasteiger partial charge on any atom is 0.274 e. The molecule has 28 heavy (non-hydrogen) atoms. The minimum Gasteiger partial charge on any atom is -0.497 e. The van der Waals surface area contributed by atoms with E-state index in [0.29, 0.717) is 11.4 Å². The fourth-order valence-electron chi connectivity index (χ4n) is 2.58. The predicted octanol–water partition coefficient (Wildman–Crippen LogP) is 4.87. The zero-order chi connectivity index (χ0) is 19.9. The number of carbonyl (C=O) groups is 1. The van der Waals surface area contributed by atoms with E-state index in [1.54, 1.807) is 37.6 Å². The Labute approximate surface area is 164 Å². The topological polar surface area (TPSA) is 72.5 Å². The van der Waals surface area contributed by atoms with Crippen molar-refractivity contribution in [1.29, 1.82) is 0 Å². The third kappa shape index (κ3) is 5.23. The highest BCUT2D eigenvalue weighted by atomic mass is 16.5. The van der Waals surface area contributed by atoms with Gasteiger partial charge in [0.05, 0.1) is 13.2 Å². The number of anilines is 3. The summed E-state index contributed by atoms with van der Waals surface area (Å²) < 4.78 is 10.8. The van der Waals surface area contributed by atoms with Crippen LogP contribution in [0.15, 0.2) is 66.9 Å². The number of aromatic nitrogens is 1. The zero-order valence-electron chi connectivity index (χ0n) is 16.1. The molecule has 0 spiro atoms. The van der Waals surface area contributed by atoms with Crippen LogP contribution in [0, 0.1) is 0 Å². The van der Waals surface area contributed by atoms with Gasteiger partial charge in [0.2, 0.25) is 0 Å². The summed E-state index contributed by atoms with van der Waals surface area (Å²) in [5.41, 5.74) is 2.61. The molecule has 0 bridgehead atoms. The van der Waals surface area contributed by atoms with Gasteiger partial charge in [0.25, 0.3) is 5.91 Å². The van der Waals surface area contributed by atoms with Crippen LogP contribution in [0.25, 0.3) is 0 Å². The number of ether oxygens (including phenoxy) is 2. The van der Waals surface area contributed by atoms with Crippen molar-refractivity contribution in [2.24, 2.45) is 0 Å². The fourth-order valence-corrected chi connectivity index (χ4v) is 2.58. The van der Waals surface area contributed by atoms with E-state index >= 15 is 0 Å². The number of amides is 1. The summed E-state index contributed by atoms with van der Waals surface area (Å²) in [6.07, 6.45) is 1.70. The summed E-state index contributed by atoms with van der Waals surface area (Å²) in [5, 5.41) is 6.09. The van der Waals surface area contributed by atoms with Crippen LogP contribution in [0.4, 0.5) is 17.1 Å². The van der Waals surface area contributed by atoms with Gasteiger partial charge in [-0.2, -0.15) is 0 Å². The van der Waals surface area contributed by atoms with Crippen molar-refractivity contribution in [3.05, 3.63) is 72.6 Å². The molecule has 1 aromatic heterocycles. The first-order valence-corrected chi connectivity index (χ1v) is 8.98. The second kappa shape index (κ2) is 8.90. The molecular formula is C22H23N3O3. The summed E-state index contributed by atoms with van der Waals surface area (Å²) in [5.74, 6) is 1.23. The van der Waals surface area contributed by atoms with Crippen LogP contribution in [0.2, 0.25) is 0 Å². The quantitative estimate of drug-likeness (QED) is 0.614. The molecule has 0 atom stereocenters. The molecule has 144 valence electrons. The lowest BCUT2D eigenvalue weighted by molar-refractivity contribution is 0.102. The van der Waals surface area contributed by atoms with E-state index in [4.69, 9.17) is 9.47 Å². The highest BCUT2D eigenvalue weighted by Gasteiger charge is 2.09. The van der Waals surface area contributed by atoms with Crippen LogP contribution in [0.1, 0.15) is 24.3 Å². The lowest BCUT2D eigenvalue weighted by atomic mass is 10.2. The highest BCUT2D eigenvalue weighted by molar-refractivity contribution is 6.03. The molecule has 6 heteroatoms. The van der Waals surface area contributed by atoms with E-state index in [-0.39, 0.29) is 12.0 Å². The predicted molar refractivity (Wildman–Crippen MR) is 111 cm³/mol. The number of nitrogens with zero attached hydrogens (tertiary/aromatic N) is 1. The average Bonchev–Trinajstić information content (AvgIpc) is 2.69. The summed E-state index contributed by atoms with van der Waals surface area (Å²) in [6.45, 7) is 3.93. The number of benzene rings is 2. The van der Waals surface area contributed by atoms with Crippen molar-refractivity contribution in [2.45, 2.75) is 20.0 Å². The molecule has 1 amide bonds. The second-order valence-corrected chi connectivity index (χ2v) is 6.43. The van der Waals surface area contributed by atoms with Gasteiger partial charge in [0, 0.05) is 29.3 Å². The van der Waals surface area contributed by atoms with E-state index in [1.807, 2.05) is 50.2 Å². The number of hydrogen-bond donors (Lipinski definition) is 2. The first-order valence-electron chi connectivity index (χ1n) is 8.98. The summed E-state index contributed by atoms with van der Waals surface area (Å²) in [7, 11) is 1.62. The number of nitrogens with one attached hydrogen (secondary N) is 2. The van der Waals surface area contributed by atoms with Crippen LogP contribution < -0.4 is 20.1 Å². The van der Waals surface area contributed by atoms with Gasteiger partial charge in [-0.3, -0.25) is 9.78 Å². The first kappa shape index (κ1) is 19.2. The molecule has 1 heterocycles. The third-order valence-corrected chi connectivity index (χ3v) is 3.83. The molecule has 0 aliphatic heterocycles. The van der Waals surface area contributed by atoms with Crippen LogP contribution in [-0.2, 0) is 0 Å². The average molecular weight is 377 g/mol. The molecule has 0 saturated carbocycles. The smallest absolute Gasteiger partial charge is 0.274 e. The van der Waals surface area contributed by atoms with Gasteiger partial charge in [0.1, 0.15) is 17.2 Å². The molecule has 2 aromatic carbocycles. The minimum absolute atomic E-state index is 0.101. The molecule has 6 nitrogen and oxygen atoms in total. The molecule has 0 fully saturated rings. The maximum atomic E-state index is 12.5. The number of pyridine rings is 1. The van der Waals surface area contributed by atoms with Crippen LogP contribution >= 0.6 is 0 Å². The molecular weight excluding hydrogens is 354 g/mol. The van der Waals surface area contributed by atoms with E-state index in [0.717, 1.165) is 22.9 Å². The number of carbonyl (C=O) groups excluding carboxylic acids is 1. The van der Waals surface area contributed by atoms with Crippen molar-refractivity contribution in [1.82, 2.24) is 4.98 Å². The summed E-state index contributed by atoms with van der Waals surface area (Å²) >= 11 is 0. The molecule has 2 N–H and O–H groups in total. The number of hydrogen-bond acceptors (Lipinski definition) is 5. The van der Waals surface area contributed by atoms with E-state index in [9.17, 15) is 4.79 Å². The van der Waals surface area contributed by atoms with Gasteiger partial charge in [0.15, 0.2) is 0 Å². The fraction of sp³-hybridized carbons (Fsp3) is 0.182. The molecule has 0 aliphatic rings. The minimum atomic E-state index is -0.285. The highest BCUT2D eigenvalue weighted by Crippen LogP contribution is 2.22. The second-order valence-electron chi connectivity index (χ2n) is 6.43. The first-order chi connectivity index (χ1) is 13.5. The van der Waals surface area contributed by atoms with E-state index < -0.39 is 0 Å². The largest absolute Gasteiger partial charge is 0.497 e. The Bertz CT molecular complexity index is 940. The monoisotopic (exact) mass is 377 g/mol. The zero-order valence-corrected chi connectivity index (χ0v) is 16.1. The Morgan fingerprint density at radius 3 is 2.39 bits per heavy atom. The van der Waals surface area contributed by atoms with Crippen molar-refractivity contribution >= 4 is 23.0 Å². The lowest BCUT2D eigenvalue weighted by Crippen LogP contribution is -2.14. The summed E-state index contributed by atoms with van der Waals surface area (Å²) in [6, 6.07) is 18.3. The van der Waals surface area contributed by atoms with Gasteiger partial charge < -0.3 is 20.1 Å². The SMILES string of the molecule is COc1cccc(Nc2ccnc(C(=O)Nc3ccc(OC(C)C)cc3)c2)c1. The number of methoxy groups -OCH3 is 1. The van der Waals surface area contributed by atoms with Gasteiger partial charge in [-0.05, 0) is 62.4 Å². The third-order valence-electron chi connectivity index (χ3n) is 3.83. The molecule has 0 radical (unpaired) electrons. The molecule has 3 rings (SSSR count). The van der Waals surface area contributed by atoms with E-state index in [1.165, 1.54) is 0 Å². The van der Waals surface area contributed by atoms with Crippen molar-refractivity contribution in [3.8, 4) is 11.5 Å². The van der Waals surface area contributed by atoms with Gasteiger partial charge >= 0.3 is 0 Å². The van der Waals surface area contributed by atoms with E-state index in [2.05, 4.69) is 15.6 Å². The lowest BCUT2D eigenvalue weighted by Gasteiger charge is -2.11. The van der Waals surface area contributed by atoms with Crippen LogP contribution in [0.3, 0.4) is 0 Å². The Balaban J connectivity index is 1.68. The van der Waals surface area contributed by atoms with Crippen LogP contribution in [-0.4, -0.2) is 24.1 Å². The Morgan fingerprint density at radius 1 is 0.929 bits per heavy atom. The Hall–Kier alpha value is -3.54. The molecule has 3 aromatic rings. The van der Waals surface area contributed by atoms with Gasteiger partial charge in [-0.15, -0.1) is 0 Å². The molecule has 0 saturated heterocycles. The van der Waals surface area contributed by atoms with Gasteiger partial charge in [-0.25, -0.2) is 0 Å². The van der Waals surface area contributed by atoms with Crippen molar-refractivity contribution in [3.63, 3.8) is 0 Å². The number of rotatable bonds is 7. The molecule has 0 aliphatic carbocycles.